The van der Waals surface area contributed by atoms with Gasteiger partial charge in [-0.25, -0.2) is 0 Å². The Bertz CT molecular complexity index is 595. The Morgan fingerprint density at radius 3 is 2.74 bits per heavy atom. The number of pyridine rings is 1. The van der Waals surface area contributed by atoms with E-state index < -0.39 is 0 Å². The minimum Gasteiger partial charge on any atom is -0.324 e. The van der Waals surface area contributed by atoms with Gasteiger partial charge in [-0.05, 0) is 42.8 Å². The third kappa shape index (κ3) is 3.52. The molecule has 1 aromatic carbocycles. The lowest BCUT2D eigenvalue weighted by molar-refractivity contribution is 0.102. The number of anilines is 2. The molecule has 4 N–H and O–H groups in total. The number of carbonyl (C=O) groups excluding carboxylic acids is 1. The van der Waals surface area contributed by atoms with Gasteiger partial charge in [0, 0.05) is 16.4 Å². The molecule has 0 saturated carbocycles. The van der Waals surface area contributed by atoms with E-state index in [2.05, 4.69) is 31.7 Å². The predicted octanol–water partition coefficient (Wildman–Crippen LogP) is 2.69. The molecule has 0 unspecified atom stereocenters. The summed E-state index contributed by atoms with van der Waals surface area (Å²) in [5.41, 5.74) is 5.17. The molecule has 2 aromatic rings. The number of halogens is 1. The first-order chi connectivity index (χ1) is 9.08. The summed E-state index contributed by atoms with van der Waals surface area (Å²) in [6.07, 6.45) is 1.52. The number of amides is 1. The Hall–Kier alpha value is -1.92. The molecule has 1 heterocycles. The fourth-order valence-electron chi connectivity index (χ4n) is 1.65. The van der Waals surface area contributed by atoms with Crippen LogP contribution in [0.15, 0.2) is 41.0 Å². The van der Waals surface area contributed by atoms with Crippen LogP contribution in [-0.2, 0) is 0 Å². The molecule has 0 saturated heterocycles. The van der Waals surface area contributed by atoms with Gasteiger partial charge in [0.2, 0.25) is 0 Å². The monoisotopic (exact) mass is 320 g/mol. The molecule has 0 radical (unpaired) electrons. The summed E-state index contributed by atoms with van der Waals surface area (Å²) in [6, 6.07) is 8.94. The van der Waals surface area contributed by atoms with Crippen LogP contribution in [0.25, 0.3) is 0 Å². The second-order valence-corrected chi connectivity index (χ2v) is 4.96. The van der Waals surface area contributed by atoms with Crippen LogP contribution in [0.4, 0.5) is 11.4 Å². The number of hydrogen-bond donors (Lipinski definition) is 3. The van der Waals surface area contributed by atoms with Gasteiger partial charge in [0.05, 0.1) is 5.69 Å². The van der Waals surface area contributed by atoms with Gasteiger partial charge < -0.3 is 10.7 Å². The number of nitrogens with zero attached hydrogens (tertiary/aromatic N) is 1. The van der Waals surface area contributed by atoms with Gasteiger partial charge in [-0.2, -0.15) is 0 Å². The van der Waals surface area contributed by atoms with Crippen LogP contribution >= 0.6 is 15.9 Å². The smallest absolute Gasteiger partial charge is 0.274 e. The molecule has 19 heavy (non-hydrogen) atoms. The summed E-state index contributed by atoms with van der Waals surface area (Å²) in [4.78, 5) is 16.1. The van der Waals surface area contributed by atoms with Gasteiger partial charge in [-0.1, -0.05) is 15.9 Å². The van der Waals surface area contributed by atoms with Gasteiger partial charge in [0.1, 0.15) is 5.69 Å². The minimum atomic E-state index is -0.283. The highest BCUT2D eigenvalue weighted by atomic mass is 79.9. The minimum absolute atomic E-state index is 0.283. The molecule has 0 atom stereocenters. The van der Waals surface area contributed by atoms with E-state index >= 15 is 0 Å². The van der Waals surface area contributed by atoms with Crippen LogP contribution < -0.4 is 16.6 Å². The van der Waals surface area contributed by atoms with Crippen molar-refractivity contribution in [1.29, 1.82) is 0 Å². The average Bonchev–Trinajstić information content (AvgIpc) is 2.37. The highest BCUT2D eigenvalue weighted by molar-refractivity contribution is 9.10. The Balaban J connectivity index is 2.20. The zero-order chi connectivity index (χ0) is 13.8. The first kappa shape index (κ1) is 13.5. The number of rotatable bonds is 3. The fraction of sp³-hybridized carbons (Fsp3) is 0.0769. The lowest BCUT2D eigenvalue weighted by atomic mass is 10.2. The molecule has 5 nitrogen and oxygen atoms in total. The quantitative estimate of drug-likeness (QED) is 0.600. The molecule has 0 bridgehead atoms. The molecule has 0 aliphatic rings. The molecular weight excluding hydrogens is 308 g/mol. The van der Waals surface area contributed by atoms with Crippen molar-refractivity contribution < 1.29 is 4.79 Å². The molecule has 98 valence electrons. The standard InChI is InChI=1S/C13H13BrN4O/c1-8-4-9(14)6-11(5-8)17-13(19)12-7-10(18-15)2-3-16-12/h2-7H,15H2,1H3,(H,16,18)(H,17,19). The summed E-state index contributed by atoms with van der Waals surface area (Å²) in [6.45, 7) is 1.96. The van der Waals surface area contributed by atoms with Crippen molar-refractivity contribution in [2.75, 3.05) is 10.7 Å². The Labute approximate surface area is 119 Å². The van der Waals surface area contributed by atoms with Crippen molar-refractivity contribution in [1.82, 2.24) is 4.98 Å². The average molecular weight is 321 g/mol. The van der Waals surface area contributed by atoms with Crippen LogP contribution in [0, 0.1) is 6.92 Å². The van der Waals surface area contributed by atoms with Gasteiger partial charge in [0.25, 0.3) is 5.91 Å². The van der Waals surface area contributed by atoms with E-state index in [0.29, 0.717) is 17.1 Å². The number of aryl methyl sites for hydroxylation is 1. The third-order valence-electron chi connectivity index (χ3n) is 2.46. The molecule has 0 fully saturated rings. The van der Waals surface area contributed by atoms with E-state index in [1.165, 1.54) is 6.20 Å². The number of hydrogen-bond acceptors (Lipinski definition) is 4. The topological polar surface area (TPSA) is 80.0 Å². The van der Waals surface area contributed by atoms with Crippen LogP contribution in [-0.4, -0.2) is 10.9 Å². The van der Waals surface area contributed by atoms with Gasteiger partial charge in [0.15, 0.2) is 0 Å². The summed E-state index contributed by atoms with van der Waals surface area (Å²) in [5.74, 6) is 5.01. The van der Waals surface area contributed by atoms with E-state index in [-0.39, 0.29) is 5.91 Å². The number of nitrogens with one attached hydrogen (secondary N) is 2. The van der Waals surface area contributed by atoms with Crippen molar-refractivity contribution in [3.05, 3.63) is 52.3 Å². The third-order valence-corrected chi connectivity index (χ3v) is 2.92. The van der Waals surface area contributed by atoms with Crippen molar-refractivity contribution in [3.63, 3.8) is 0 Å². The molecule has 2 rings (SSSR count). The van der Waals surface area contributed by atoms with E-state index in [9.17, 15) is 4.79 Å². The zero-order valence-electron chi connectivity index (χ0n) is 10.3. The zero-order valence-corrected chi connectivity index (χ0v) is 11.9. The Morgan fingerprint density at radius 1 is 1.26 bits per heavy atom. The maximum absolute atomic E-state index is 12.0. The van der Waals surface area contributed by atoms with Crippen molar-refractivity contribution in [2.24, 2.45) is 5.84 Å². The van der Waals surface area contributed by atoms with Crippen LogP contribution in [0.2, 0.25) is 0 Å². The normalized spacial score (nSPS) is 10.1. The highest BCUT2D eigenvalue weighted by Gasteiger charge is 2.08. The lowest BCUT2D eigenvalue weighted by Crippen LogP contribution is -2.15. The van der Waals surface area contributed by atoms with E-state index in [0.717, 1.165) is 10.0 Å². The summed E-state index contributed by atoms with van der Waals surface area (Å²) in [5, 5.41) is 2.79. The van der Waals surface area contributed by atoms with Crippen LogP contribution in [0.1, 0.15) is 16.1 Å². The second-order valence-electron chi connectivity index (χ2n) is 4.05. The van der Waals surface area contributed by atoms with Crippen LogP contribution in [0.5, 0.6) is 0 Å². The molecule has 0 spiro atoms. The summed E-state index contributed by atoms with van der Waals surface area (Å²) in [7, 11) is 0. The molecule has 1 aromatic heterocycles. The number of hydrazine groups is 1. The SMILES string of the molecule is Cc1cc(Br)cc(NC(=O)c2cc(NN)ccn2)c1. The first-order valence-corrected chi connectivity index (χ1v) is 6.39. The highest BCUT2D eigenvalue weighted by Crippen LogP contribution is 2.19. The summed E-state index contributed by atoms with van der Waals surface area (Å²) < 4.78 is 0.910. The maximum atomic E-state index is 12.0. The number of nitrogen functional groups attached to an aromatic ring is 1. The molecule has 0 aliphatic heterocycles. The summed E-state index contributed by atoms with van der Waals surface area (Å²) >= 11 is 3.39. The molecule has 6 heteroatoms. The van der Waals surface area contributed by atoms with Crippen molar-refractivity contribution in [3.8, 4) is 0 Å². The van der Waals surface area contributed by atoms with Gasteiger partial charge in [-0.15, -0.1) is 0 Å². The van der Waals surface area contributed by atoms with Crippen molar-refractivity contribution >= 4 is 33.2 Å². The number of carbonyl (C=O) groups is 1. The first-order valence-electron chi connectivity index (χ1n) is 5.59. The maximum Gasteiger partial charge on any atom is 0.274 e. The molecular formula is C13H13BrN4O. The Morgan fingerprint density at radius 2 is 2.05 bits per heavy atom. The van der Waals surface area contributed by atoms with Gasteiger partial charge >= 0.3 is 0 Å². The predicted molar refractivity (Wildman–Crippen MR) is 78.9 cm³/mol. The van der Waals surface area contributed by atoms with Crippen molar-refractivity contribution in [2.45, 2.75) is 6.92 Å². The second kappa shape index (κ2) is 5.81. The lowest BCUT2D eigenvalue weighted by Gasteiger charge is -2.07. The van der Waals surface area contributed by atoms with E-state index in [4.69, 9.17) is 5.84 Å². The van der Waals surface area contributed by atoms with Gasteiger partial charge in [-0.3, -0.25) is 15.6 Å². The number of benzene rings is 1. The largest absolute Gasteiger partial charge is 0.324 e. The fourth-order valence-corrected chi connectivity index (χ4v) is 2.26. The number of aromatic nitrogens is 1. The number of nitrogens with two attached hydrogens (primary N) is 1. The Kier molecular flexibility index (Phi) is 4.13. The van der Waals surface area contributed by atoms with Crippen LogP contribution in [0.3, 0.4) is 0 Å². The molecule has 1 amide bonds. The van der Waals surface area contributed by atoms with E-state index in [1.54, 1.807) is 12.1 Å². The molecule has 0 aliphatic carbocycles. The van der Waals surface area contributed by atoms with E-state index in [1.807, 2.05) is 25.1 Å².